The van der Waals surface area contributed by atoms with E-state index in [0.29, 0.717) is 24.0 Å². The predicted octanol–water partition coefficient (Wildman–Crippen LogP) is 3.66. The molecule has 0 spiro atoms. The lowest BCUT2D eigenvalue weighted by Crippen LogP contribution is -2.73. The third-order valence-electron chi connectivity index (χ3n) is 6.39. The fraction of sp³-hybridized carbons (Fsp3) is 0.409. The number of nitrogens with zero attached hydrogens (tertiary/aromatic N) is 6. The summed E-state index contributed by atoms with van der Waals surface area (Å²) >= 11 is 0. The Bertz CT molecular complexity index is 1100. The van der Waals surface area contributed by atoms with Crippen LogP contribution in [-0.2, 0) is 6.54 Å². The number of anilines is 1. The first-order chi connectivity index (χ1) is 14.9. The van der Waals surface area contributed by atoms with Gasteiger partial charge < -0.3 is 10.2 Å². The lowest BCUT2D eigenvalue weighted by Gasteiger charge is -2.63. The number of carbonyl (C=O) groups excluding carboxylic acids is 1. The Labute approximate surface area is 179 Å². The summed E-state index contributed by atoms with van der Waals surface area (Å²) in [5.41, 5.74) is 2.12. The molecule has 2 saturated heterocycles. The van der Waals surface area contributed by atoms with Crippen LogP contribution in [0, 0.1) is 18.7 Å². The topological polar surface area (TPSA) is 88.8 Å². The standard InChI is InChI=1S/C22H24FN7O/c1-14-5-18-8-22(7-14,11-29-13-24-12-27-29)30(18)21(31)28-17-4-3-15(2)19(6-17)20-25-9-16(23)10-26-20/h3-4,6,9-10,12-14,18H,5,7-8,11H2,1-2H3,(H,28,31)/t14-,18-,22+/m1/s1. The molecule has 2 fully saturated rings. The zero-order valence-electron chi connectivity index (χ0n) is 17.5. The van der Waals surface area contributed by atoms with Crippen molar-refractivity contribution in [2.75, 3.05) is 5.32 Å². The van der Waals surface area contributed by atoms with Gasteiger partial charge in [0.05, 0.1) is 24.5 Å². The molecule has 5 rings (SSSR count). The van der Waals surface area contributed by atoms with E-state index < -0.39 is 5.82 Å². The molecule has 160 valence electrons. The molecule has 2 amide bonds. The van der Waals surface area contributed by atoms with Crippen molar-refractivity contribution in [2.45, 2.75) is 51.2 Å². The number of halogens is 1. The first-order valence-electron chi connectivity index (χ1n) is 10.4. The van der Waals surface area contributed by atoms with Gasteiger partial charge in [0, 0.05) is 17.3 Å². The van der Waals surface area contributed by atoms with Crippen molar-refractivity contribution in [1.29, 1.82) is 0 Å². The van der Waals surface area contributed by atoms with Crippen LogP contribution < -0.4 is 5.32 Å². The van der Waals surface area contributed by atoms with Crippen molar-refractivity contribution in [2.24, 2.45) is 5.92 Å². The minimum absolute atomic E-state index is 0.113. The van der Waals surface area contributed by atoms with Crippen LogP contribution in [0.2, 0.25) is 0 Å². The molecule has 2 bridgehead atoms. The molecule has 0 radical (unpaired) electrons. The molecule has 3 aromatic rings. The number of carbonyl (C=O) groups is 1. The second kappa shape index (κ2) is 7.40. The molecule has 0 saturated carbocycles. The molecule has 0 aliphatic carbocycles. The summed E-state index contributed by atoms with van der Waals surface area (Å²) < 4.78 is 15.0. The third kappa shape index (κ3) is 3.54. The molecule has 31 heavy (non-hydrogen) atoms. The SMILES string of the molecule is Cc1ccc(NC(=O)N2[C@@H]3C[C@@H](C)C[C@@]2(Cn2cncn2)C3)cc1-c1ncc(F)cn1. The largest absolute Gasteiger partial charge is 0.322 e. The molecule has 8 nitrogen and oxygen atoms in total. The molecule has 2 aliphatic rings. The van der Waals surface area contributed by atoms with Gasteiger partial charge in [-0.25, -0.2) is 24.1 Å². The van der Waals surface area contributed by atoms with Crippen LogP contribution in [0.3, 0.4) is 0 Å². The Kier molecular flexibility index (Phi) is 4.68. The number of aromatic nitrogens is 5. The van der Waals surface area contributed by atoms with E-state index in [2.05, 4.69) is 32.3 Å². The van der Waals surface area contributed by atoms with Crippen LogP contribution in [0.5, 0.6) is 0 Å². The average molecular weight is 421 g/mol. The maximum Gasteiger partial charge on any atom is 0.322 e. The maximum absolute atomic E-state index is 13.3. The summed E-state index contributed by atoms with van der Waals surface area (Å²) in [5, 5.41) is 7.30. The van der Waals surface area contributed by atoms with Crippen molar-refractivity contribution < 1.29 is 9.18 Å². The quantitative estimate of drug-likeness (QED) is 0.695. The third-order valence-corrected chi connectivity index (χ3v) is 6.39. The van der Waals surface area contributed by atoms with Gasteiger partial charge in [0.1, 0.15) is 12.7 Å². The van der Waals surface area contributed by atoms with Crippen molar-refractivity contribution in [3.05, 3.63) is 54.6 Å². The molecular weight excluding hydrogens is 397 g/mol. The summed E-state index contributed by atoms with van der Waals surface area (Å²) in [7, 11) is 0. The van der Waals surface area contributed by atoms with Crippen molar-refractivity contribution in [3.63, 3.8) is 0 Å². The van der Waals surface area contributed by atoms with E-state index in [4.69, 9.17) is 0 Å². The second-order valence-electron chi connectivity index (χ2n) is 8.78. The van der Waals surface area contributed by atoms with Crippen LogP contribution in [0.25, 0.3) is 11.4 Å². The molecule has 2 aromatic heterocycles. The average Bonchev–Trinajstić information content (AvgIpc) is 3.22. The molecule has 0 unspecified atom stereocenters. The fourth-order valence-corrected chi connectivity index (χ4v) is 5.25. The van der Waals surface area contributed by atoms with Gasteiger partial charge in [-0.05, 0) is 49.8 Å². The number of rotatable bonds is 4. The van der Waals surface area contributed by atoms with E-state index in [0.717, 1.165) is 42.8 Å². The Morgan fingerprint density at radius 2 is 2.10 bits per heavy atom. The highest BCUT2D eigenvalue weighted by Gasteiger charge is 2.58. The molecule has 2 aliphatic heterocycles. The van der Waals surface area contributed by atoms with E-state index in [1.807, 2.05) is 34.7 Å². The minimum atomic E-state index is -0.484. The monoisotopic (exact) mass is 421 g/mol. The van der Waals surface area contributed by atoms with Gasteiger partial charge in [0.2, 0.25) is 0 Å². The number of benzene rings is 1. The van der Waals surface area contributed by atoms with Crippen LogP contribution >= 0.6 is 0 Å². The van der Waals surface area contributed by atoms with E-state index in [1.54, 1.807) is 6.33 Å². The first-order valence-corrected chi connectivity index (χ1v) is 10.4. The molecule has 3 atom stereocenters. The number of hydrogen-bond donors (Lipinski definition) is 1. The summed E-state index contributed by atoms with van der Waals surface area (Å²) in [4.78, 5) is 27.5. The zero-order chi connectivity index (χ0) is 21.6. The number of nitrogens with one attached hydrogen (secondary N) is 1. The Morgan fingerprint density at radius 1 is 1.29 bits per heavy atom. The van der Waals surface area contributed by atoms with E-state index in [1.165, 1.54) is 6.33 Å². The first kappa shape index (κ1) is 19.6. The van der Waals surface area contributed by atoms with E-state index in [9.17, 15) is 9.18 Å². The Balaban J connectivity index is 1.38. The Hall–Kier alpha value is -3.36. The van der Waals surface area contributed by atoms with Crippen LogP contribution in [0.1, 0.15) is 31.7 Å². The number of amides is 2. The van der Waals surface area contributed by atoms with Crippen molar-refractivity contribution >= 4 is 11.7 Å². The maximum atomic E-state index is 13.3. The van der Waals surface area contributed by atoms with E-state index in [-0.39, 0.29) is 17.6 Å². The smallest absolute Gasteiger partial charge is 0.314 e. The number of urea groups is 1. The van der Waals surface area contributed by atoms with Crippen LogP contribution in [0.4, 0.5) is 14.9 Å². The van der Waals surface area contributed by atoms with Crippen LogP contribution in [0.15, 0.2) is 43.2 Å². The molecule has 9 heteroatoms. The highest BCUT2D eigenvalue weighted by molar-refractivity contribution is 5.91. The summed E-state index contributed by atoms with van der Waals surface area (Å²) in [6, 6.07) is 5.73. The number of aryl methyl sites for hydroxylation is 1. The van der Waals surface area contributed by atoms with Crippen molar-refractivity contribution in [3.8, 4) is 11.4 Å². The highest BCUT2D eigenvalue weighted by Crippen LogP contribution is 2.50. The molecular formula is C22H24FN7O. The van der Waals surface area contributed by atoms with Gasteiger partial charge >= 0.3 is 6.03 Å². The predicted molar refractivity (Wildman–Crippen MR) is 113 cm³/mol. The lowest BCUT2D eigenvalue weighted by molar-refractivity contribution is -0.100. The summed E-state index contributed by atoms with van der Waals surface area (Å²) in [5.74, 6) is 0.502. The fourth-order valence-electron chi connectivity index (χ4n) is 5.25. The Morgan fingerprint density at radius 3 is 2.84 bits per heavy atom. The number of hydrogen-bond acceptors (Lipinski definition) is 5. The summed E-state index contributed by atoms with van der Waals surface area (Å²) in [6.07, 6.45) is 8.44. The van der Waals surface area contributed by atoms with Gasteiger partial charge in [-0.1, -0.05) is 13.0 Å². The minimum Gasteiger partial charge on any atom is -0.314 e. The summed E-state index contributed by atoms with van der Waals surface area (Å²) in [6.45, 7) is 4.82. The second-order valence-corrected chi connectivity index (χ2v) is 8.78. The van der Waals surface area contributed by atoms with Gasteiger partial charge in [-0.3, -0.25) is 4.68 Å². The van der Waals surface area contributed by atoms with Gasteiger partial charge in [-0.2, -0.15) is 5.10 Å². The van der Waals surface area contributed by atoms with Gasteiger partial charge in [-0.15, -0.1) is 0 Å². The van der Waals surface area contributed by atoms with Crippen LogP contribution in [-0.4, -0.2) is 47.2 Å². The normalized spacial score (nSPS) is 24.5. The van der Waals surface area contributed by atoms with Gasteiger partial charge in [0.25, 0.3) is 0 Å². The molecule has 1 aromatic carbocycles. The number of piperidine rings is 1. The van der Waals surface area contributed by atoms with E-state index >= 15 is 0 Å². The number of fused-ring (bicyclic) bond motifs is 2. The van der Waals surface area contributed by atoms with Crippen molar-refractivity contribution in [1.82, 2.24) is 29.6 Å². The van der Waals surface area contributed by atoms with Gasteiger partial charge in [0.15, 0.2) is 11.6 Å². The molecule has 1 N–H and O–H groups in total. The lowest BCUT2D eigenvalue weighted by atomic mass is 9.64. The highest BCUT2D eigenvalue weighted by atomic mass is 19.1. The zero-order valence-corrected chi connectivity index (χ0v) is 17.5. The molecule has 4 heterocycles.